The van der Waals surface area contributed by atoms with Crippen molar-refractivity contribution in [3.8, 4) is 33.6 Å². The second kappa shape index (κ2) is 11.5. The molecule has 0 unspecified atom stereocenters. The van der Waals surface area contributed by atoms with Crippen molar-refractivity contribution in [2.75, 3.05) is 14.1 Å². The van der Waals surface area contributed by atoms with E-state index in [1.807, 2.05) is 49.9 Å². The van der Waals surface area contributed by atoms with Crippen LogP contribution in [0.25, 0.3) is 33.6 Å². The van der Waals surface area contributed by atoms with E-state index in [9.17, 15) is 4.79 Å². The van der Waals surface area contributed by atoms with E-state index in [1.54, 1.807) is 14.1 Å². The van der Waals surface area contributed by atoms with Crippen LogP contribution in [0.3, 0.4) is 0 Å². The van der Waals surface area contributed by atoms with Gasteiger partial charge in [-0.05, 0) is 49.1 Å². The van der Waals surface area contributed by atoms with Gasteiger partial charge in [0.05, 0.1) is 12.2 Å². The number of aryl methyl sites for hydroxylation is 1. The van der Waals surface area contributed by atoms with E-state index in [2.05, 4.69) is 49.1 Å². The Kier molecular flexibility index (Phi) is 7.98. The average Bonchev–Trinajstić information content (AvgIpc) is 3.40. The summed E-state index contributed by atoms with van der Waals surface area (Å²) in [5.41, 5.74) is 6.38. The van der Waals surface area contributed by atoms with Crippen molar-refractivity contribution >= 4 is 6.41 Å². The summed E-state index contributed by atoms with van der Waals surface area (Å²) in [4.78, 5) is 24.4. The van der Waals surface area contributed by atoms with Crippen LogP contribution < -0.4 is 0 Å². The van der Waals surface area contributed by atoms with Crippen molar-refractivity contribution < 1.29 is 4.79 Å². The van der Waals surface area contributed by atoms with E-state index >= 15 is 0 Å². The lowest BCUT2D eigenvalue weighted by Gasteiger charge is -2.21. The smallest absolute Gasteiger partial charge is 0.209 e. The maximum absolute atomic E-state index is 9.43. The number of hydrogen-bond donors (Lipinski definition) is 0. The second-order valence-electron chi connectivity index (χ2n) is 9.13. The van der Waals surface area contributed by atoms with Gasteiger partial charge in [-0.2, -0.15) is 5.10 Å². The molecule has 0 N–H and O–H groups in total. The normalized spacial score (nSPS) is 13.6. The molecule has 3 aromatic heterocycles. The molecule has 5 rings (SSSR count). The number of carbonyl (C=O) groups excluding carboxylic acids is 1. The van der Waals surface area contributed by atoms with Gasteiger partial charge in [0.25, 0.3) is 0 Å². The van der Waals surface area contributed by atoms with E-state index in [4.69, 9.17) is 0 Å². The van der Waals surface area contributed by atoms with Crippen LogP contribution in [0.4, 0.5) is 0 Å². The molecule has 1 saturated carbocycles. The average molecular weight is 469 g/mol. The molecule has 7 nitrogen and oxygen atoms in total. The Morgan fingerprint density at radius 3 is 2.23 bits per heavy atom. The number of amides is 1. The summed E-state index contributed by atoms with van der Waals surface area (Å²) in [7, 11) is 3.38. The predicted octanol–water partition coefficient (Wildman–Crippen LogP) is 5.59. The minimum Gasteiger partial charge on any atom is -0.351 e. The molecule has 180 valence electrons. The number of rotatable bonds is 5. The van der Waals surface area contributed by atoms with E-state index in [-0.39, 0.29) is 0 Å². The highest BCUT2D eigenvalue weighted by molar-refractivity contribution is 5.70. The third-order valence-electron chi connectivity index (χ3n) is 6.10. The largest absolute Gasteiger partial charge is 0.351 e. The van der Waals surface area contributed by atoms with E-state index in [0.29, 0.717) is 6.04 Å². The van der Waals surface area contributed by atoms with Crippen LogP contribution >= 0.6 is 0 Å². The second-order valence-corrected chi connectivity index (χ2v) is 9.13. The first kappa shape index (κ1) is 24.3. The van der Waals surface area contributed by atoms with Crippen molar-refractivity contribution in [2.45, 2.75) is 45.1 Å². The summed E-state index contributed by atoms with van der Waals surface area (Å²) >= 11 is 0. The summed E-state index contributed by atoms with van der Waals surface area (Å²) in [5.74, 6) is 0.728. The Bertz CT molecular complexity index is 1240. The zero-order chi connectivity index (χ0) is 24.6. The Morgan fingerprint density at radius 2 is 1.54 bits per heavy atom. The highest BCUT2D eigenvalue weighted by Crippen LogP contribution is 2.30. The van der Waals surface area contributed by atoms with Crippen molar-refractivity contribution in [3.05, 3.63) is 73.1 Å². The summed E-state index contributed by atoms with van der Waals surface area (Å²) < 4.78 is 2.13. The van der Waals surface area contributed by atoms with Gasteiger partial charge in [0, 0.05) is 61.3 Å². The molecule has 1 aromatic carbocycles. The third-order valence-corrected chi connectivity index (χ3v) is 6.10. The molecule has 4 aromatic rings. The molecule has 0 atom stereocenters. The van der Waals surface area contributed by atoms with E-state index < -0.39 is 0 Å². The molecule has 0 spiro atoms. The lowest BCUT2D eigenvalue weighted by molar-refractivity contribution is -0.115. The lowest BCUT2D eigenvalue weighted by atomic mass is 9.96. The minimum absolute atomic E-state index is 0.534. The first-order valence-electron chi connectivity index (χ1n) is 12.1. The molecule has 0 saturated heterocycles. The standard InChI is InChI=1S/C25H25N5.C3H7NO/c1-18-12-20(10-11-26-18)19-6-5-7-21(13-19)25-27-14-22(15-28-25)23-16-29-30(17-23)24-8-3-2-4-9-24;1-4(2)3-5/h5-7,10-17,24H,2-4,8-9H2,1H3;3H,1-2H3. The van der Waals surface area contributed by atoms with Gasteiger partial charge in [0.15, 0.2) is 5.82 Å². The lowest BCUT2D eigenvalue weighted by Crippen LogP contribution is -2.12. The zero-order valence-corrected chi connectivity index (χ0v) is 20.6. The number of benzene rings is 1. The Morgan fingerprint density at radius 1 is 0.857 bits per heavy atom. The number of hydrogen-bond acceptors (Lipinski definition) is 5. The van der Waals surface area contributed by atoms with Gasteiger partial charge in [0.1, 0.15) is 0 Å². The van der Waals surface area contributed by atoms with Gasteiger partial charge in [0.2, 0.25) is 6.41 Å². The van der Waals surface area contributed by atoms with Crippen LogP contribution in [0.1, 0.15) is 43.8 Å². The van der Waals surface area contributed by atoms with Crippen LogP contribution in [-0.4, -0.2) is 50.1 Å². The minimum atomic E-state index is 0.534. The maximum atomic E-state index is 9.43. The highest BCUT2D eigenvalue weighted by Gasteiger charge is 2.16. The van der Waals surface area contributed by atoms with E-state index in [0.717, 1.165) is 45.7 Å². The molecule has 1 fully saturated rings. The van der Waals surface area contributed by atoms with Crippen molar-refractivity contribution in [3.63, 3.8) is 0 Å². The van der Waals surface area contributed by atoms with Gasteiger partial charge in [-0.1, -0.05) is 37.5 Å². The molecule has 1 aliphatic carbocycles. The topological polar surface area (TPSA) is 76.8 Å². The molecular formula is C28H32N6O. The van der Waals surface area contributed by atoms with Gasteiger partial charge in [-0.15, -0.1) is 0 Å². The van der Waals surface area contributed by atoms with Crippen LogP contribution in [0.2, 0.25) is 0 Å². The molecule has 0 bridgehead atoms. The van der Waals surface area contributed by atoms with Crippen molar-refractivity contribution in [1.82, 2.24) is 29.6 Å². The summed E-state index contributed by atoms with van der Waals surface area (Å²) in [6.45, 7) is 2.01. The number of nitrogens with zero attached hydrogens (tertiary/aromatic N) is 6. The van der Waals surface area contributed by atoms with Gasteiger partial charge in [-0.25, -0.2) is 9.97 Å². The number of carbonyl (C=O) groups is 1. The fourth-order valence-corrected chi connectivity index (χ4v) is 4.22. The van der Waals surface area contributed by atoms with Crippen LogP contribution in [0.15, 0.2) is 67.4 Å². The van der Waals surface area contributed by atoms with E-state index in [1.165, 1.54) is 37.0 Å². The number of aromatic nitrogens is 5. The monoisotopic (exact) mass is 468 g/mol. The molecule has 7 heteroatoms. The fraction of sp³-hybridized carbons (Fsp3) is 0.321. The van der Waals surface area contributed by atoms with Gasteiger partial charge < -0.3 is 4.90 Å². The Labute approximate surface area is 206 Å². The molecule has 3 heterocycles. The SMILES string of the molecule is CN(C)C=O.Cc1cc(-c2cccc(-c3ncc(-c4cnn(C5CCCCC5)c4)cn3)c2)ccn1. The molecule has 1 aliphatic rings. The summed E-state index contributed by atoms with van der Waals surface area (Å²) in [5, 5.41) is 4.61. The molecular weight excluding hydrogens is 436 g/mol. The first-order chi connectivity index (χ1) is 17.0. The Hall–Kier alpha value is -3.87. The van der Waals surface area contributed by atoms with Crippen LogP contribution in [0.5, 0.6) is 0 Å². The third kappa shape index (κ3) is 6.38. The number of pyridine rings is 1. The first-order valence-corrected chi connectivity index (χ1v) is 12.1. The Balaban J connectivity index is 0.000000527. The highest BCUT2D eigenvalue weighted by atomic mass is 16.1. The summed E-state index contributed by atoms with van der Waals surface area (Å²) in [6.07, 6.45) is 16.9. The predicted molar refractivity (Wildman–Crippen MR) is 139 cm³/mol. The molecule has 1 amide bonds. The van der Waals surface area contributed by atoms with Crippen molar-refractivity contribution in [1.29, 1.82) is 0 Å². The molecule has 35 heavy (non-hydrogen) atoms. The fourth-order valence-electron chi connectivity index (χ4n) is 4.22. The maximum Gasteiger partial charge on any atom is 0.209 e. The quantitative estimate of drug-likeness (QED) is 0.357. The van der Waals surface area contributed by atoms with Crippen molar-refractivity contribution in [2.24, 2.45) is 0 Å². The van der Waals surface area contributed by atoms with Gasteiger partial charge in [-0.3, -0.25) is 14.5 Å². The molecule has 0 radical (unpaired) electrons. The van der Waals surface area contributed by atoms with Gasteiger partial charge >= 0.3 is 0 Å². The zero-order valence-electron chi connectivity index (χ0n) is 20.6. The molecule has 0 aliphatic heterocycles. The van der Waals surface area contributed by atoms with Crippen LogP contribution in [0, 0.1) is 6.92 Å². The van der Waals surface area contributed by atoms with Crippen LogP contribution in [-0.2, 0) is 4.79 Å². The summed E-state index contributed by atoms with van der Waals surface area (Å²) in [6, 6.07) is 13.0.